The van der Waals surface area contributed by atoms with E-state index in [2.05, 4.69) is 26.0 Å². The van der Waals surface area contributed by atoms with Crippen LogP contribution in [0, 0.1) is 0 Å². The van der Waals surface area contributed by atoms with Gasteiger partial charge in [0.15, 0.2) is 0 Å². The molecule has 0 aromatic heterocycles. The second-order valence-electron chi connectivity index (χ2n) is 10.2. The van der Waals surface area contributed by atoms with Gasteiger partial charge in [0.25, 0.3) is 0 Å². The van der Waals surface area contributed by atoms with Gasteiger partial charge >= 0.3 is 0 Å². The second-order valence-corrected chi connectivity index (χ2v) is 10.2. The molecule has 0 spiro atoms. The molecule has 0 unspecified atom stereocenters. The van der Waals surface area contributed by atoms with E-state index < -0.39 is 0 Å². The maximum Gasteiger partial charge on any atom is -0.0351 e. The first-order valence-corrected chi connectivity index (χ1v) is 15.1. The average molecular weight is 435 g/mol. The smallest absolute Gasteiger partial charge is 0.0351 e. The first-order valence-electron chi connectivity index (χ1n) is 15.1. The Balaban J connectivity index is 3.03. The van der Waals surface area contributed by atoms with Gasteiger partial charge in [-0.2, -0.15) is 0 Å². The van der Waals surface area contributed by atoms with Gasteiger partial charge in [0.2, 0.25) is 0 Å². The Bertz CT molecular complexity index is 316. The Kier molecular flexibility index (Phi) is 29.5. The van der Waals surface area contributed by atoms with E-state index in [1.54, 1.807) is 0 Å². The zero-order chi connectivity index (χ0) is 22.5. The summed E-state index contributed by atoms with van der Waals surface area (Å²) in [6.45, 7) is 4.59. The topological polar surface area (TPSA) is 0 Å². The normalized spacial score (nSPS) is 11.7. The molecular formula is C31H62. The largest absolute Gasteiger partial charge is 0.0885 e. The van der Waals surface area contributed by atoms with E-state index in [4.69, 9.17) is 0 Å². The van der Waals surface area contributed by atoms with Crippen LogP contribution in [-0.4, -0.2) is 0 Å². The molecule has 31 heavy (non-hydrogen) atoms. The van der Waals surface area contributed by atoms with Crippen LogP contribution in [-0.2, 0) is 0 Å². The van der Waals surface area contributed by atoms with Crippen molar-refractivity contribution in [3.63, 3.8) is 0 Å². The zero-order valence-electron chi connectivity index (χ0n) is 22.2. The lowest BCUT2D eigenvalue weighted by Gasteiger charge is -2.04. The minimum Gasteiger partial charge on any atom is -0.0885 e. The van der Waals surface area contributed by atoms with Crippen molar-refractivity contribution in [3.05, 3.63) is 12.2 Å². The third-order valence-electron chi connectivity index (χ3n) is 6.87. The number of unbranched alkanes of at least 4 members (excludes halogenated alkanes) is 25. The summed E-state index contributed by atoms with van der Waals surface area (Å²) in [5, 5.41) is 0. The van der Waals surface area contributed by atoms with Gasteiger partial charge in [-0.25, -0.2) is 0 Å². The summed E-state index contributed by atoms with van der Waals surface area (Å²) in [6, 6.07) is 0. The third-order valence-corrected chi connectivity index (χ3v) is 6.87. The average Bonchev–Trinajstić information content (AvgIpc) is 2.78. The molecular weight excluding hydrogens is 372 g/mol. The van der Waals surface area contributed by atoms with E-state index >= 15 is 0 Å². The van der Waals surface area contributed by atoms with Crippen molar-refractivity contribution < 1.29 is 0 Å². The molecule has 0 aliphatic heterocycles. The van der Waals surface area contributed by atoms with Crippen LogP contribution in [0.15, 0.2) is 12.2 Å². The van der Waals surface area contributed by atoms with E-state index in [0.717, 1.165) is 0 Å². The van der Waals surface area contributed by atoms with Crippen molar-refractivity contribution >= 4 is 0 Å². The lowest BCUT2D eigenvalue weighted by atomic mass is 10.0. The van der Waals surface area contributed by atoms with Crippen molar-refractivity contribution in [1.82, 2.24) is 0 Å². The van der Waals surface area contributed by atoms with E-state index in [-0.39, 0.29) is 0 Å². The van der Waals surface area contributed by atoms with Gasteiger partial charge in [0.05, 0.1) is 0 Å². The SMILES string of the molecule is CCCCCC/C=C\CCCCCCCCCCCCCCCCCCCCCCC. The number of rotatable bonds is 27. The second kappa shape index (κ2) is 29.7. The molecule has 0 aliphatic rings. The Morgan fingerprint density at radius 2 is 0.452 bits per heavy atom. The highest BCUT2D eigenvalue weighted by Crippen LogP contribution is 2.15. The molecule has 0 atom stereocenters. The summed E-state index contributed by atoms with van der Waals surface area (Å²) in [4.78, 5) is 0. The fraction of sp³-hybridized carbons (Fsp3) is 0.935. The van der Waals surface area contributed by atoms with Gasteiger partial charge < -0.3 is 0 Å². The van der Waals surface area contributed by atoms with E-state index in [1.807, 2.05) is 0 Å². The van der Waals surface area contributed by atoms with Crippen LogP contribution >= 0.6 is 0 Å². The molecule has 186 valence electrons. The van der Waals surface area contributed by atoms with E-state index in [1.165, 1.54) is 173 Å². The molecule has 0 heteroatoms. The van der Waals surface area contributed by atoms with Crippen LogP contribution in [0.1, 0.15) is 187 Å². The molecule has 0 fully saturated rings. The number of allylic oxidation sites excluding steroid dienone is 2. The highest BCUT2D eigenvalue weighted by atomic mass is 14.0. The summed E-state index contributed by atoms with van der Waals surface area (Å²) in [6.07, 6.45) is 43.9. The molecule has 0 saturated heterocycles. The lowest BCUT2D eigenvalue weighted by Crippen LogP contribution is -1.84. The molecule has 0 N–H and O–H groups in total. The quantitative estimate of drug-likeness (QED) is 0.0890. The first kappa shape index (κ1) is 30.7. The predicted molar refractivity (Wildman–Crippen MR) is 145 cm³/mol. The molecule has 0 heterocycles. The summed E-state index contributed by atoms with van der Waals surface area (Å²) in [5.41, 5.74) is 0. The first-order chi connectivity index (χ1) is 15.4. The van der Waals surface area contributed by atoms with Crippen LogP contribution in [0.5, 0.6) is 0 Å². The van der Waals surface area contributed by atoms with E-state index in [9.17, 15) is 0 Å². The lowest BCUT2D eigenvalue weighted by molar-refractivity contribution is 0.520. The van der Waals surface area contributed by atoms with Gasteiger partial charge in [0, 0.05) is 0 Å². The maximum absolute atomic E-state index is 2.43. The summed E-state index contributed by atoms with van der Waals surface area (Å²) in [5.74, 6) is 0. The minimum atomic E-state index is 1.30. The summed E-state index contributed by atoms with van der Waals surface area (Å²) in [7, 11) is 0. The molecule has 0 radical (unpaired) electrons. The molecule has 0 aromatic rings. The van der Waals surface area contributed by atoms with Gasteiger partial charge in [0.1, 0.15) is 0 Å². The van der Waals surface area contributed by atoms with Crippen LogP contribution in [0.4, 0.5) is 0 Å². The molecule has 0 rings (SSSR count). The number of hydrogen-bond donors (Lipinski definition) is 0. The third kappa shape index (κ3) is 29.7. The predicted octanol–water partition coefficient (Wildman–Crippen LogP) is 12.1. The Morgan fingerprint density at radius 1 is 0.258 bits per heavy atom. The fourth-order valence-electron chi connectivity index (χ4n) is 4.62. The summed E-state index contributed by atoms with van der Waals surface area (Å²) < 4.78 is 0. The van der Waals surface area contributed by atoms with Crippen LogP contribution in [0.2, 0.25) is 0 Å². The van der Waals surface area contributed by atoms with E-state index in [0.29, 0.717) is 0 Å². The monoisotopic (exact) mass is 434 g/mol. The Labute approximate surface area is 199 Å². The fourth-order valence-corrected chi connectivity index (χ4v) is 4.62. The van der Waals surface area contributed by atoms with Crippen LogP contribution in [0.3, 0.4) is 0 Å². The van der Waals surface area contributed by atoms with Crippen molar-refractivity contribution in [1.29, 1.82) is 0 Å². The minimum absolute atomic E-state index is 1.30. The zero-order valence-corrected chi connectivity index (χ0v) is 22.2. The Morgan fingerprint density at radius 3 is 0.710 bits per heavy atom. The molecule has 0 bridgehead atoms. The van der Waals surface area contributed by atoms with Gasteiger partial charge in [-0.1, -0.05) is 174 Å². The number of hydrogen-bond acceptors (Lipinski definition) is 0. The van der Waals surface area contributed by atoms with Crippen molar-refractivity contribution in [2.24, 2.45) is 0 Å². The highest BCUT2D eigenvalue weighted by molar-refractivity contribution is 4.81. The highest BCUT2D eigenvalue weighted by Gasteiger charge is 1.95. The van der Waals surface area contributed by atoms with Crippen molar-refractivity contribution in [2.45, 2.75) is 187 Å². The van der Waals surface area contributed by atoms with Crippen LogP contribution < -0.4 is 0 Å². The molecule has 0 saturated carbocycles. The molecule has 0 amide bonds. The van der Waals surface area contributed by atoms with Crippen molar-refractivity contribution in [2.75, 3.05) is 0 Å². The molecule has 0 nitrogen and oxygen atoms in total. The summed E-state index contributed by atoms with van der Waals surface area (Å²) >= 11 is 0. The maximum atomic E-state index is 2.43. The molecule has 0 aliphatic carbocycles. The van der Waals surface area contributed by atoms with Crippen molar-refractivity contribution in [3.8, 4) is 0 Å². The van der Waals surface area contributed by atoms with Crippen LogP contribution in [0.25, 0.3) is 0 Å². The Hall–Kier alpha value is -0.260. The van der Waals surface area contributed by atoms with Gasteiger partial charge in [-0.05, 0) is 25.7 Å². The molecule has 0 aromatic carbocycles. The van der Waals surface area contributed by atoms with Gasteiger partial charge in [-0.3, -0.25) is 0 Å². The standard InChI is InChI=1S/C31H62/c1-3-5-7-9-11-13-15-17-19-21-23-25-27-29-31-30-28-26-24-22-20-18-16-14-12-10-8-6-4-2/h13,15H,3-12,14,16-31H2,1-2H3/b15-13-. The van der Waals surface area contributed by atoms with Gasteiger partial charge in [-0.15, -0.1) is 0 Å².